The van der Waals surface area contributed by atoms with Crippen molar-refractivity contribution in [1.82, 2.24) is 15.5 Å². The predicted octanol–water partition coefficient (Wildman–Crippen LogP) is 2.21. The first kappa shape index (κ1) is 13.1. The van der Waals surface area contributed by atoms with Gasteiger partial charge in [-0.3, -0.25) is 0 Å². The quantitative estimate of drug-likeness (QED) is 0.922. The molecule has 2 aliphatic rings. The molecular formula is C15H17ClN4O. The number of fused-ring (bicyclic) bond motifs is 1. The molecule has 6 heteroatoms. The maximum Gasteiger partial charge on any atom is 0.266 e. The van der Waals surface area contributed by atoms with Crippen molar-refractivity contribution in [3.05, 3.63) is 40.2 Å². The van der Waals surface area contributed by atoms with Crippen LogP contribution in [0.15, 0.2) is 22.7 Å². The minimum absolute atomic E-state index is 0.183. The Labute approximate surface area is 128 Å². The normalized spacial score (nSPS) is 21.6. The molecule has 5 nitrogen and oxygen atoms in total. The van der Waals surface area contributed by atoms with Crippen molar-refractivity contribution >= 4 is 17.5 Å². The van der Waals surface area contributed by atoms with E-state index in [-0.39, 0.29) is 5.92 Å². The summed E-state index contributed by atoms with van der Waals surface area (Å²) in [6, 6.07) is 6.06. The second kappa shape index (κ2) is 5.31. The minimum Gasteiger partial charge on any atom is -0.337 e. The molecular weight excluding hydrogens is 288 g/mol. The van der Waals surface area contributed by atoms with E-state index in [1.165, 1.54) is 11.1 Å². The monoisotopic (exact) mass is 304 g/mol. The summed E-state index contributed by atoms with van der Waals surface area (Å²) in [7, 11) is 0. The molecule has 0 amide bonds. The molecule has 1 aromatic heterocycles. The average molecular weight is 305 g/mol. The molecule has 0 bridgehead atoms. The van der Waals surface area contributed by atoms with Crippen LogP contribution in [0, 0.1) is 0 Å². The summed E-state index contributed by atoms with van der Waals surface area (Å²) in [6.45, 7) is 3.77. The molecule has 21 heavy (non-hydrogen) atoms. The van der Waals surface area contributed by atoms with Gasteiger partial charge in [-0.2, -0.15) is 4.98 Å². The number of anilines is 1. The summed E-state index contributed by atoms with van der Waals surface area (Å²) in [6.07, 6.45) is 1.97. The summed E-state index contributed by atoms with van der Waals surface area (Å²) in [4.78, 5) is 6.79. The van der Waals surface area contributed by atoms with Gasteiger partial charge in [0.15, 0.2) is 0 Å². The lowest BCUT2D eigenvalue weighted by molar-refractivity contribution is 0.363. The topological polar surface area (TPSA) is 54.2 Å². The van der Waals surface area contributed by atoms with E-state index >= 15 is 0 Å². The molecule has 1 fully saturated rings. The number of benzene rings is 1. The van der Waals surface area contributed by atoms with Crippen LogP contribution in [-0.4, -0.2) is 36.3 Å². The van der Waals surface area contributed by atoms with Gasteiger partial charge in [-0.25, -0.2) is 0 Å². The van der Waals surface area contributed by atoms with E-state index in [0.29, 0.717) is 11.8 Å². The molecule has 1 atom stereocenters. The summed E-state index contributed by atoms with van der Waals surface area (Å²) in [5.74, 6) is 1.61. The third-order valence-corrected chi connectivity index (χ3v) is 4.70. The number of aromatic nitrogens is 2. The van der Waals surface area contributed by atoms with Crippen LogP contribution in [0.3, 0.4) is 0 Å². The molecule has 1 saturated heterocycles. The Morgan fingerprint density at radius 2 is 2.14 bits per heavy atom. The Hall–Kier alpha value is -1.59. The Bertz CT molecular complexity index is 651. The van der Waals surface area contributed by atoms with Crippen molar-refractivity contribution in [3.8, 4) is 0 Å². The summed E-state index contributed by atoms with van der Waals surface area (Å²) in [5.41, 5.74) is 2.46. The van der Waals surface area contributed by atoms with Crippen LogP contribution in [0.5, 0.6) is 0 Å². The van der Waals surface area contributed by atoms with Crippen LogP contribution in [0.2, 0.25) is 5.02 Å². The fourth-order valence-electron chi connectivity index (χ4n) is 3.23. The number of rotatable bonds is 2. The van der Waals surface area contributed by atoms with Crippen LogP contribution in [0.4, 0.5) is 5.95 Å². The lowest BCUT2D eigenvalue weighted by Crippen LogP contribution is -2.44. The maximum atomic E-state index is 6.27. The molecule has 4 rings (SSSR count). The Balaban J connectivity index is 1.61. The smallest absolute Gasteiger partial charge is 0.266 e. The highest BCUT2D eigenvalue weighted by molar-refractivity contribution is 6.31. The molecule has 110 valence electrons. The van der Waals surface area contributed by atoms with E-state index in [9.17, 15) is 0 Å². The number of nitrogens with zero attached hydrogens (tertiary/aromatic N) is 3. The van der Waals surface area contributed by atoms with Gasteiger partial charge in [0.25, 0.3) is 5.95 Å². The Morgan fingerprint density at radius 3 is 3.00 bits per heavy atom. The molecule has 0 saturated carbocycles. The molecule has 1 aliphatic heterocycles. The van der Waals surface area contributed by atoms with E-state index in [1.807, 2.05) is 12.1 Å². The van der Waals surface area contributed by atoms with Gasteiger partial charge < -0.3 is 14.7 Å². The number of hydrogen-bond donors (Lipinski definition) is 1. The van der Waals surface area contributed by atoms with E-state index in [4.69, 9.17) is 16.1 Å². The highest BCUT2D eigenvalue weighted by Crippen LogP contribution is 2.40. The molecule has 1 N–H and O–H groups in total. The zero-order chi connectivity index (χ0) is 14.2. The third kappa shape index (κ3) is 2.30. The van der Waals surface area contributed by atoms with Crippen LogP contribution in [0.25, 0.3) is 0 Å². The molecule has 0 spiro atoms. The van der Waals surface area contributed by atoms with E-state index in [0.717, 1.165) is 44.0 Å². The van der Waals surface area contributed by atoms with Gasteiger partial charge in [0.1, 0.15) is 0 Å². The Kier molecular flexibility index (Phi) is 3.31. The number of piperazine rings is 1. The van der Waals surface area contributed by atoms with Gasteiger partial charge in [-0.15, -0.1) is 0 Å². The van der Waals surface area contributed by atoms with Crippen LogP contribution >= 0.6 is 11.6 Å². The molecule has 0 radical (unpaired) electrons. The largest absolute Gasteiger partial charge is 0.337 e. The van der Waals surface area contributed by atoms with Gasteiger partial charge in [-0.05, 0) is 35.2 Å². The van der Waals surface area contributed by atoms with E-state index in [2.05, 4.69) is 26.4 Å². The number of halogens is 1. The zero-order valence-corrected chi connectivity index (χ0v) is 12.4. The van der Waals surface area contributed by atoms with E-state index in [1.54, 1.807) is 0 Å². The van der Waals surface area contributed by atoms with Crippen molar-refractivity contribution in [2.24, 2.45) is 0 Å². The summed E-state index contributed by atoms with van der Waals surface area (Å²) in [5, 5.41) is 8.33. The molecule has 1 aromatic carbocycles. The number of hydrogen-bond acceptors (Lipinski definition) is 5. The lowest BCUT2D eigenvalue weighted by Gasteiger charge is -2.25. The van der Waals surface area contributed by atoms with Gasteiger partial charge in [0.05, 0.1) is 5.92 Å². The van der Waals surface area contributed by atoms with Crippen molar-refractivity contribution in [1.29, 1.82) is 0 Å². The second-order valence-corrected chi connectivity index (χ2v) is 5.98. The first-order valence-electron chi connectivity index (χ1n) is 7.39. The predicted molar refractivity (Wildman–Crippen MR) is 81.0 cm³/mol. The summed E-state index contributed by atoms with van der Waals surface area (Å²) >= 11 is 6.27. The first-order chi connectivity index (χ1) is 10.3. The SMILES string of the molecule is Clc1cccc2c1CCC2c1nc(N2CCNCC2)no1. The standard InChI is InChI=1S/C15H17ClN4O/c16-13-3-1-2-10-11(13)4-5-12(10)14-18-15(19-21-14)20-8-6-17-7-9-20/h1-3,12,17H,4-9H2. The highest BCUT2D eigenvalue weighted by atomic mass is 35.5. The molecule has 2 aromatic rings. The van der Waals surface area contributed by atoms with Crippen molar-refractivity contribution in [2.45, 2.75) is 18.8 Å². The fraction of sp³-hybridized carbons (Fsp3) is 0.467. The van der Waals surface area contributed by atoms with Crippen LogP contribution < -0.4 is 10.2 Å². The molecule has 1 unspecified atom stereocenters. The van der Waals surface area contributed by atoms with Gasteiger partial charge in [0.2, 0.25) is 5.89 Å². The van der Waals surface area contributed by atoms with Crippen molar-refractivity contribution < 1.29 is 4.52 Å². The van der Waals surface area contributed by atoms with Crippen LogP contribution in [-0.2, 0) is 6.42 Å². The highest BCUT2D eigenvalue weighted by Gasteiger charge is 2.30. The van der Waals surface area contributed by atoms with Gasteiger partial charge in [0, 0.05) is 31.2 Å². The molecule has 2 heterocycles. The van der Waals surface area contributed by atoms with Crippen molar-refractivity contribution in [3.63, 3.8) is 0 Å². The number of nitrogens with one attached hydrogen (secondary N) is 1. The zero-order valence-electron chi connectivity index (χ0n) is 11.7. The minimum atomic E-state index is 0.183. The third-order valence-electron chi connectivity index (χ3n) is 4.34. The van der Waals surface area contributed by atoms with Gasteiger partial charge in [-0.1, -0.05) is 23.7 Å². The maximum absolute atomic E-state index is 6.27. The van der Waals surface area contributed by atoms with E-state index < -0.39 is 0 Å². The average Bonchev–Trinajstić information content (AvgIpc) is 3.15. The lowest BCUT2D eigenvalue weighted by atomic mass is 10.0. The summed E-state index contributed by atoms with van der Waals surface area (Å²) < 4.78 is 5.53. The second-order valence-electron chi connectivity index (χ2n) is 5.57. The van der Waals surface area contributed by atoms with Crippen LogP contribution in [0.1, 0.15) is 29.4 Å². The fourth-order valence-corrected chi connectivity index (χ4v) is 3.50. The van der Waals surface area contributed by atoms with Gasteiger partial charge >= 0.3 is 0 Å². The first-order valence-corrected chi connectivity index (χ1v) is 7.77. The molecule has 1 aliphatic carbocycles. The van der Waals surface area contributed by atoms with Crippen molar-refractivity contribution in [2.75, 3.05) is 31.1 Å². The Morgan fingerprint density at radius 1 is 1.29 bits per heavy atom.